The molecule has 0 unspecified atom stereocenters. The highest BCUT2D eigenvalue weighted by molar-refractivity contribution is 7.89. The number of amides is 1. The van der Waals surface area contributed by atoms with Gasteiger partial charge in [-0.05, 0) is 55.9 Å². The van der Waals surface area contributed by atoms with Gasteiger partial charge in [-0.15, -0.1) is 0 Å². The van der Waals surface area contributed by atoms with Crippen LogP contribution in [0.25, 0.3) is 10.2 Å². The fourth-order valence-corrected chi connectivity index (χ4v) is 6.58. The van der Waals surface area contributed by atoms with Crippen LogP contribution in [0.15, 0.2) is 47.4 Å². The first-order valence-corrected chi connectivity index (χ1v) is 14.3. The lowest BCUT2D eigenvalue weighted by atomic mass is 10.2. The number of sulfonamides is 1. The molecule has 0 radical (unpaired) electrons. The Hall–Kier alpha value is -2.53. The molecule has 1 aliphatic rings. The predicted molar refractivity (Wildman–Crippen MR) is 143 cm³/mol. The molecule has 2 heterocycles. The van der Waals surface area contributed by atoms with Crippen LogP contribution in [0.4, 0.5) is 10.8 Å². The Kier molecular flexibility index (Phi) is 8.05. The van der Waals surface area contributed by atoms with Gasteiger partial charge in [0, 0.05) is 50.5 Å². The van der Waals surface area contributed by atoms with Crippen LogP contribution in [0.1, 0.15) is 37.0 Å². The zero-order valence-corrected chi connectivity index (χ0v) is 22.2. The summed E-state index contributed by atoms with van der Waals surface area (Å²) in [6, 6.07) is 11.8. The number of unbranched alkanes of at least 4 members (excludes halogenated alkanes) is 1. The first kappa shape index (κ1) is 25.6. The molecular formula is C25H33N5O3S2. The van der Waals surface area contributed by atoms with Crippen molar-refractivity contribution in [2.45, 2.75) is 31.6 Å². The van der Waals surface area contributed by atoms with Crippen molar-refractivity contribution in [1.82, 2.24) is 14.2 Å². The van der Waals surface area contributed by atoms with Gasteiger partial charge in [0.2, 0.25) is 10.0 Å². The first-order valence-electron chi connectivity index (χ1n) is 12.1. The van der Waals surface area contributed by atoms with Crippen LogP contribution in [0, 0.1) is 0 Å². The lowest BCUT2D eigenvalue weighted by Gasteiger charge is -2.31. The summed E-state index contributed by atoms with van der Waals surface area (Å²) in [6.45, 7) is 8.74. The molecule has 3 aromatic rings. The molecule has 4 rings (SSSR count). The van der Waals surface area contributed by atoms with E-state index >= 15 is 0 Å². The zero-order chi connectivity index (χ0) is 25.0. The molecule has 0 saturated carbocycles. The summed E-state index contributed by atoms with van der Waals surface area (Å²) in [5, 5.41) is 3.93. The third-order valence-electron chi connectivity index (χ3n) is 6.28. The van der Waals surface area contributed by atoms with Gasteiger partial charge in [-0.1, -0.05) is 31.6 Å². The maximum Gasteiger partial charge on any atom is 0.255 e. The monoisotopic (exact) mass is 515 g/mol. The second kappa shape index (κ2) is 11.0. The van der Waals surface area contributed by atoms with Crippen molar-refractivity contribution < 1.29 is 13.2 Å². The van der Waals surface area contributed by atoms with E-state index < -0.39 is 10.0 Å². The van der Waals surface area contributed by atoms with Gasteiger partial charge < -0.3 is 15.1 Å². The van der Waals surface area contributed by atoms with E-state index in [1.807, 2.05) is 32.0 Å². The minimum absolute atomic E-state index is 0.203. The minimum Gasteiger partial charge on any atom is -0.345 e. The standard InChI is InChI=1S/C25H33N5O3S2/c1-4-6-13-30(5-2)35(32,33)21-10-7-19(8-11-21)24(31)26-20-9-12-22-23(18-20)34-25(27-22)29-16-14-28(3)15-17-29/h7-12,18H,4-6,13-17H2,1-3H3,(H,26,31). The third kappa shape index (κ3) is 5.83. The highest BCUT2D eigenvalue weighted by atomic mass is 32.2. The van der Waals surface area contributed by atoms with E-state index in [1.165, 1.54) is 16.4 Å². The number of likely N-dealkylation sites (N-methyl/N-ethyl adjacent to an activating group) is 1. The second-order valence-corrected chi connectivity index (χ2v) is 11.7. The van der Waals surface area contributed by atoms with Crippen molar-refractivity contribution in [3.63, 3.8) is 0 Å². The highest BCUT2D eigenvalue weighted by Gasteiger charge is 2.23. The summed E-state index contributed by atoms with van der Waals surface area (Å²) in [5.74, 6) is -0.282. The van der Waals surface area contributed by atoms with Gasteiger partial charge in [-0.3, -0.25) is 4.79 Å². The van der Waals surface area contributed by atoms with E-state index in [0.717, 1.165) is 54.4 Å². The number of hydrogen-bond donors (Lipinski definition) is 1. The average molecular weight is 516 g/mol. The minimum atomic E-state index is -3.57. The summed E-state index contributed by atoms with van der Waals surface area (Å²) in [4.78, 5) is 22.4. The summed E-state index contributed by atoms with van der Waals surface area (Å²) in [6.07, 6.45) is 1.74. The van der Waals surface area contributed by atoms with E-state index in [-0.39, 0.29) is 10.8 Å². The molecule has 0 aliphatic carbocycles. The molecule has 10 heteroatoms. The molecule has 1 amide bonds. The van der Waals surface area contributed by atoms with E-state index in [9.17, 15) is 13.2 Å². The van der Waals surface area contributed by atoms with Crippen LogP contribution >= 0.6 is 11.3 Å². The van der Waals surface area contributed by atoms with Crippen LogP contribution < -0.4 is 10.2 Å². The van der Waals surface area contributed by atoms with Gasteiger partial charge in [0.1, 0.15) is 0 Å². The van der Waals surface area contributed by atoms with Crippen molar-refractivity contribution in [1.29, 1.82) is 0 Å². The van der Waals surface area contributed by atoms with E-state index in [0.29, 0.717) is 24.3 Å². The molecule has 0 bridgehead atoms. The van der Waals surface area contributed by atoms with E-state index in [1.54, 1.807) is 23.5 Å². The Balaban J connectivity index is 1.45. The van der Waals surface area contributed by atoms with Crippen LogP contribution in [-0.4, -0.2) is 74.8 Å². The molecule has 8 nitrogen and oxygen atoms in total. The number of anilines is 2. The van der Waals surface area contributed by atoms with Crippen molar-refractivity contribution in [2.24, 2.45) is 0 Å². The number of thiazole rings is 1. The Morgan fingerprint density at radius 2 is 1.80 bits per heavy atom. The molecule has 1 aromatic heterocycles. The predicted octanol–water partition coefficient (Wildman–Crippen LogP) is 4.11. The van der Waals surface area contributed by atoms with Crippen LogP contribution in [-0.2, 0) is 10.0 Å². The molecule has 1 saturated heterocycles. The largest absolute Gasteiger partial charge is 0.345 e. The Morgan fingerprint density at radius 1 is 1.09 bits per heavy atom. The van der Waals surface area contributed by atoms with Crippen molar-refractivity contribution in [2.75, 3.05) is 56.5 Å². The van der Waals surface area contributed by atoms with Crippen molar-refractivity contribution >= 4 is 48.3 Å². The van der Waals surface area contributed by atoms with Gasteiger partial charge in [0.15, 0.2) is 5.13 Å². The van der Waals surface area contributed by atoms with Gasteiger partial charge in [-0.25, -0.2) is 13.4 Å². The lowest BCUT2D eigenvalue weighted by Crippen LogP contribution is -2.44. The number of carbonyl (C=O) groups excluding carboxylic acids is 1. The quantitative estimate of drug-likeness (QED) is 0.462. The SMILES string of the molecule is CCCCN(CC)S(=O)(=O)c1ccc(C(=O)Nc2ccc3nc(N4CCN(C)CC4)sc3c2)cc1. The van der Waals surface area contributed by atoms with Crippen LogP contribution in [0.5, 0.6) is 0 Å². The molecule has 0 atom stereocenters. The maximum atomic E-state index is 12.9. The molecule has 0 spiro atoms. The molecular weight excluding hydrogens is 482 g/mol. The average Bonchev–Trinajstić information content (AvgIpc) is 3.28. The zero-order valence-electron chi connectivity index (χ0n) is 20.5. The molecule has 35 heavy (non-hydrogen) atoms. The van der Waals surface area contributed by atoms with Crippen LogP contribution in [0.3, 0.4) is 0 Å². The fraction of sp³-hybridized carbons (Fsp3) is 0.440. The Bertz CT molecular complexity index is 1270. The van der Waals surface area contributed by atoms with Crippen LogP contribution in [0.2, 0.25) is 0 Å². The molecule has 1 aliphatic heterocycles. The number of nitrogens with one attached hydrogen (secondary N) is 1. The van der Waals surface area contributed by atoms with Gasteiger partial charge >= 0.3 is 0 Å². The van der Waals surface area contributed by atoms with Gasteiger partial charge in [-0.2, -0.15) is 4.31 Å². The molecule has 2 aromatic carbocycles. The number of hydrogen-bond acceptors (Lipinski definition) is 7. The second-order valence-electron chi connectivity index (χ2n) is 8.80. The van der Waals surface area contributed by atoms with Crippen molar-refractivity contribution in [3.05, 3.63) is 48.0 Å². The van der Waals surface area contributed by atoms with Crippen molar-refractivity contribution in [3.8, 4) is 0 Å². The number of rotatable bonds is 9. The highest BCUT2D eigenvalue weighted by Crippen LogP contribution is 2.31. The molecule has 1 fully saturated rings. The molecule has 188 valence electrons. The normalized spacial score (nSPS) is 15.1. The number of carbonyl (C=O) groups is 1. The number of fused-ring (bicyclic) bond motifs is 1. The summed E-state index contributed by atoms with van der Waals surface area (Å²) in [5.41, 5.74) is 2.01. The molecule has 1 N–H and O–H groups in total. The topological polar surface area (TPSA) is 85.8 Å². The fourth-order valence-electron chi connectivity index (χ4n) is 4.04. The smallest absolute Gasteiger partial charge is 0.255 e. The number of piperazine rings is 1. The number of benzene rings is 2. The number of aromatic nitrogens is 1. The van der Waals surface area contributed by atoms with E-state index in [2.05, 4.69) is 22.2 Å². The Morgan fingerprint density at radius 3 is 2.46 bits per heavy atom. The summed E-state index contributed by atoms with van der Waals surface area (Å²) in [7, 11) is -1.44. The van der Waals surface area contributed by atoms with Gasteiger partial charge in [0.25, 0.3) is 5.91 Å². The first-order chi connectivity index (χ1) is 16.8. The summed E-state index contributed by atoms with van der Waals surface area (Å²) >= 11 is 1.63. The summed E-state index contributed by atoms with van der Waals surface area (Å²) < 4.78 is 28.3. The third-order valence-corrected chi connectivity index (χ3v) is 9.34. The van der Waals surface area contributed by atoms with Gasteiger partial charge in [0.05, 0.1) is 15.1 Å². The maximum absolute atomic E-state index is 12.9. The van der Waals surface area contributed by atoms with E-state index in [4.69, 9.17) is 4.98 Å². The Labute approximate surface area is 211 Å². The lowest BCUT2D eigenvalue weighted by molar-refractivity contribution is 0.102. The number of nitrogens with zero attached hydrogens (tertiary/aromatic N) is 4.